The van der Waals surface area contributed by atoms with Gasteiger partial charge in [-0.3, -0.25) is 0 Å². The van der Waals surface area contributed by atoms with E-state index >= 15 is 0 Å². The SMILES string of the molecule is CC(F)(F)C(F)(F)C(F)(F)C(F)(F)C(F)(F)C(F)(F)C(F)(F)C(F)(F)C(F)(F)Cn1c(S)c(S)n(CC(F)(F)C(F)(F)C(F)(F)C(F)(F)C(F)(F)C(F)(F)C(F)(F)C(F)(F)C(F)(F)F)c1=S. The number of nitrogens with zero attached hydrogens (tertiary/aromatic N) is 2. The summed E-state index contributed by atoms with van der Waals surface area (Å²) in [6.45, 7) is -9.65. The second kappa shape index (κ2) is 15.8. The molecule has 1 heterocycles. The quantitative estimate of drug-likeness (QED) is 0.0798. The van der Waals surface area contributed by atoms with Crippen LogP contribution in [0.3, 0.4) is 0 Å². The Labute approximate surface area is 351 Å². The van der Waals surface area contributed by atoms with Gasteiger partial charge in [-0.05, 0) is 12.2 Å². The van der Waals surface area contributed by atoms with Gasteiger partial charge in [-0.25, -0.2) is 0 Å². The van der Waals surface area contributed by atoms with Crippen LogP contribution in [0.1, 0.15) is 6.92 Å². The van der Waals surface area contributed by atoms with Crippen LogP contribution in [0.2, 0.25) is 0 Å². The maximum absolute atomic E-state index is 14.7. The topological polar surface area (TPSA) is 9.86 Å². The van der Waals surface area contributed by atoms with Crippen LogP contribution in [0.15, 0.2) is 10.1 Å². The smallest absolute Gasteiger partial charge is 0.305 e. The fourth-order valence-electron chi connectivity index (χ4n) is 4.33. The molecule has 0 bridgehead atoms. The van der Waals surface area contributed by atoms with Crippen LogP contribution in [-0.2, 0) is 13.1 Å². The van der Waals surface area contributed by atoms with Crippen LogP contribution < -0.4 is 0 Å². The lowest BCUT2D eigenvalue weighted by molar-refractivity contribution is -0.469. The third-order valence-electron chi connectivity index (χ3n) is 8.44. The Bertz CT molecular complexity index is 1870. The van der Waals surface area contributed by atoms with E-state index in [0.717, 1.165) is 0 Å². The average molecular weight is 1120 g/mol. The molecular weight excluding hydrogens is 1120 g/mol. The summed E-state index contributed by atoms with van der Waals surface area (Å²) in [5.74, 6) is -149. The predicted molar refractivity (Wildman–Crippen MR) is 144 cm³/mol. The number of thiol groups is 2. The zero-order valence-electron chi connectivity index (χ0n) is 29.1. The molecule has 0 N–H and O–H groups in total. The van der Waals surface area contributed by atoms with Crippen molar-refractivity contribution in [1.82, 2.24) is 9.13 Å². The fourth-order valence-corrected chi connectivity index (χ4v) is 5.35. The van der Waals surface area contributed by atoms with Crippen molar-refractivity contribution in [2.75, 3.05) is 0 Å². The van der Waals surface area contributed by atoms with Gasteiger partial charge in [0.2, 0.25) is 0 Å². The van der Waals surface area contributed by atoms with E-state index in [4.69, 9.17) is 0 Å². The van der Waals surface area contributed by atoms with Gasteiger partial charge >= 0.3 is 107 Å². The lowest BCUT2D eigenvalue weighted by Crippen LogP contribution is -2.76. The molecule has 0 saturated heterocycles. The summed E-state index contributed by atoms with van der Waals surface area (Å²) in [5, 5.41) is -4.58. The molecule has 2 nitrogen and oxygen atoms in total. The molecule has 66 heavy (non-hydrogen) atoms. The highest BCUT2D eigenvalue weighted by Gasteiger charge is 2.98. The van der Waals surface area contributed by atoms with Gasteiger partial charge in [0.25, 0.3) is 0 Å². The Morgan fingerprint density at radius 2 is 0.470 bits per heavy atom. The maximum atomic E-state index is 14.7. The Balaban J connectivity index is 3.95. The molecule has 0 amide bonds. The maximum Gasteiger partial charge on any atom is 0.460 e. The van der Waals surface area contributed by atoms with Crippen LogP contribution in [0.4, 0.5) is 162 Å². The molecule has 0 saturated carbocycles. The summed E-state index contributed by atoms with van der Waals surface area (Å²) < 4.78 is 504. The molecule has 0 radical (unpaired) electrons. The standard InChI is InChI=1S/C24H9F37N2S3/c1-7(25,26)10(31,32)13(37,38)16(43,44)19(49,50)17(45,46)14(39,40)11(33,34)8(27,28)2-62-4(64)5(65)63(6(62)66)3-9(29,30)12(35,36)15(41,42)18(47,48)20(51,52)21(53,54)22(55,56)23(57,58)24(59,60)61/h64-65H,2-3H2,1H3. The molecule has 0 aliphatic carbocycles. The van der Waals surface area contributed by atoms with Crippen molar-refractivity contribution in [3.63, 3.8) is 0 Å². The zero-order valence-corrected chi connectivity index (χ0v) is 31.7. The fraction of sp³-hybridized carbons (Fsp3) is 0.875. The number of imidazole rings is 1. The molecule has 1 aromatic rings. The number of halogens is 37. The van der Waals surface area contributed by atoms with Gasteiger partial charge in [0.05, 0.1) is 13.1 Å². The first-order valence-electron chi connectivity index (χ1n) is 14.6. The summed E-state index contributed by atoms with van der Waals surface area (Å²) in [4.78, 5) is 0. The van der Waals surface area contributed by atoms with Gasteiger partial charge in [0, 0.05) is 6.92 Å². The minimum absolute atomic E-state index is 1.52. The second-order valence-corrected chi connectivity index (χ2v) is 14.2. The highest BCUT2D eigenvalue weighted by atomic mass is 32.1. The normalized spacial score (nSPS) is 16.7. The van der Waals surface area contributed by atoms with E-state index in [1.807, 2.05) is 0 Å². The van der Waals surface area contributed by atoms with E-state index in [2.05, 4.69) is 37.5 Å². The molecule has 0 unspecified atom stereocenters. The minimum Gasteiger partial charge on any atom is -0.305 e. The molecule has 0 atom stereocenters. The van der Waals surface area contributed by atoms with Crippen LogP contribution in [-0.4, -0.2) is 116 Å². The van der Waals surface area contributed by atoms with Crippen LogP contribution in [0, 0.1) is 4.77 Å². The average Bonchev–Trinajstić information content (AvgIpc) is 3.27. The Morgan fingerprint density at radius 1 is 0.303 bits per heavy atom. The number of hydrogen-bond acceptors (Lipinski definition) is 3. The third kappa shape index (κ3) is 7.66. The van der Waals surface area contributed by atoms with E-state index in [9.17, 15) is 162 Å². The van der Waals surface area contributed by atoms with Crippen LogP contribution >= 0.6 is 37.5 Å². The first kappa shape index (κ1) is 61.6. The summed E-state index contributed by atoms with van der Waals surface area (Å²) in [6, 6.07) is 0. The molecule has 0 aromatic carbocycles. The molecule has 0 aliphatic rings. The number of hydrogen-bond donors (Lipinski definition) is 2. The zero-order chi connectivity index (χ0) is 54.3. The lowest BCUT2D eigenvalue weighted by Gasteiger charge is -2.44. The predicted octanol–water partition coefficient (Wildman–Crippen LogP) is 14.0. The van der Waals surface area contributed by atoms with Crippen molar-refractivity contribution in [2.24, 2.45) is 0 Å². The highest BCUT2D eigenvalue weighted by molar-refractivity contribution is 7.83. The largest absolute Gasteiger partial charge is 0.460 e. The molecule has 0 aliphatic heterocycles. The second-order valence-electron chi connectivity index (χ2n) is 12.9. The van der Waals surface area contributed by atoms with Gasteiger partial charge in [0.1, 0.15) is 10.1 Å². The molecule has 0 spiro atoms. The van der Waals surface area contributed by atoms with Crippen molar-refractivity contribution in [2.45, 2.75) is 137 Å². The summed E-state index contributed by atoms with van der Waals surface area (Å²) in [6.07, 6.45) is -8.24. The van der Waals surface area contributed by atoms with Gasteiger partial charge < -0.3 is 9.13 Å². The molecular formula is C24H9F37N2S3. The Morgan fingerprint density at radius 3 is 0.652 bits per heavy atom. The number of rotatable bonds is 19. The Kier molecular flexibility index (Phi) is 14.7. The molecule has 392 valence electrons. The Hall–Kier alpha value is -2.46. The summed E-state index contributed by atoms with van der Waals surface area (Å²) >= 11 is 9.49. The van der Waals surface area contributed by atoms with Crippen molar-refractivity contribution in [1.29, 1.82) is 0 Å². The van der Waals surface area contributed by atoms with E-state index in [1.165, 1.54) is 0 Å². The third-order valence-corrected chi connectivity index (χ3v) is 9.97. The van der Waals surface area contributed by atoms with Gasteiger partial charge in [0.15, 0.2) is 4.77 Å². The lowest BCUT2D eigenvalue weighted by atomic mass is 9.86. The molecule has 42 heteroatoms. The van der Waals surface area contributed by atoms with Gasteiger partial charge in [-0.15, -0.1) is 25.3 Å². The van der Waals surface area contributed by atoms with E-state index in [1.54, 1.807) is 0 Å². The van der Waals surface area contributed by atoms with Crippen molar-refractivity contribution < 1.29 is 162 Å². The number of alkyl halides is 37. The van der Waals surface area contributed by atoms with E-state index < -0.39 is 151 Å². The molecule has 1 rings (SSSR count). The molecule has 1 aromatic heterocycles. The van der Waals surface area contributed by atoms with Crippen molar-refractivity contribution in [3.8, 4) is 0 Å². The first-order chi connectivity index (χ1) is 27.9. The van der Waals surface area contributed by atoms with Crippen LogP contribution in [0.25, 0.3) is 0 Å². The van der Waals surface area contributed by atoms with Crippen molar-refractivity contribution >= 4 is 37.5 Å². The van der Waals surface area contributed by atoms with E-state index in [0.29, 0.717) is 0 Å². The molecule has 0 fully saturated rings. The number of aromatic nitrogens is 2. The summed E-state index contributed by atoms with van der Waals surface area (Å²) in [7, 11) is 0. The van der Waals surface area contributed by atoms with Gasteiger partial charge in [-0.1, -0.05) is 0 Å². The monoisotopic (exact) mass is 1120 g/mol. The van der Waals surface area contributed by atoms with Crippen LogP contribution in [0.5, 0.6) is 0 Å². The highest BCUT2D eigenvalue weighted by Crippen LogP contribution is 2.67. The minimum atomic E-state index is -9.47. The summed E-state index contributed by atoms with van der Waals surface area (Å²) in [5.41, 5.74) is 0. The van der Waals surface area contributed by atoms with E-state index in [-0.39, 0.29) is 0 Å². The van der Waals surface area contributed by atoms with Crippen molar-refractivity contribution in [3.05, 3.63) is 4.77 Å². The van der Waals surface area contributed by atoms with Gasteiger partial charge in [-0.2, -0.15) is 162 Å². The first-order valence-corrected chi connectivity index (χ1v) is 15.9.